The average molecular weight is 271 g/mol. The smallest absolute Gasteiger partial charge is 0.345 e. The maximum Gasteiger partial charge on any atom is 0.345 e. The van der Waals surface area contributed by atoms with Crippen molar-refractivity contribution in [1.29, 1.82) is 0 Å². The van der Waals surface area contributed by atoms with Gasteiger partial charge in [0.05, 0.1) is 6.10 Å². The van der Waals surface area contributed by atoms with Crippen molar-refractivity contribution in [2.45, 2.75) is 31.8 Å². The van der Waals surface area contributed by atoms with Gasteiger partial charge >= 0.3 is 5.63 Å². The van der Waals surface area contributed by atoms with Gasteiger partial charge in [-0.1, -0.05) is 5.11 Å². The Morgan fingerprint density at radius 1 is 1.30 bits per heavy atom. The summed E-state index contributed by atoms with van der Waals surface area (Å²) >= 11 is 0. The molecule has 1 aromatic carbocycles. The predicted molar refractivity (Wildman–Crippen MR) is 74.2 cm³/mol. The van der Waals surface area contributed by atoms with E-state index in [9.17, 15) is 4.79 Å². The lowest BCUT2D eigenvalue weighted by Crippen LogP contribution is -2.10. The third-order valence-electron chi connectivity index (χ3n) is 3.45. The molecule has 6 nitrogen and oxygen atoms in total. The van der Waals surface area contributed by atoms with Crippen molar-refractivity contribution in [1.82, 2.24) is 0 Å². The summed E-state index contributed by atoms with van der Waals surface area (Å²) in [7, 11) is 0. The van der Waals surface area contributed by atoms with Crippen LogP contribution < -0.4 is 10.4 Å². The Kier molecular flexibility index (Phi) is 3.31. The molecule has 0 radical (unpaired) electrons. The van der Waals surface area contributed by atoms with Crippen LogP contribution in [0.25, 0.3) is 21.4 Å². The Morgan fingerprint density at radius 2 is 2.10 bits per heavy atom. The molecule has 2 aromatic rings. The Labute approximate surface area is 114 Å². The van der Waals surface area contributed by atoms with Crippen LogP contribution in [0.5, 0.6) is 5.75 Å². The van der Waals surface area contributed by atoms with E-state index in [4.69, 9.17) is 14.7 Å². The molecule has 1 fully saturated rings. The largest absolute Gasteiger partial charge is 0.490 e. The Bertz CT molecular complexity index is 741. The fraction of sp³-hybridized carbons (Fsp3) is 0.357. The lowest BCUT2D eigenvalue weighted by atomic mass is 10.2. The summed E-state index contributed by atoms with van der Waals surface area (Å²) < 4.78 is 11.0. The molecule has 0 aliphatic heterocycles. The van der Waals surface area contributed by atoms with Crippen LogP contribution in [0.1, 0.15) is 25.7 Å². The number of benzene rings is 1. The van der Waals surface area contributed by atoms with Gasteiger partial charge < -0.3 is 9.15 Å². The SMILES string of the molecule is [N-]=[N+]=Nc1cc2ccc(OC3CCCC3)cc2oc1=O. The summed E-state index contributed by atoms with van der Waals surface area (Å²) in [5.41, 5.74) is 8.13. The van der Waals surface area contributed by atoms with Crippen LogP contribution in [0.4, 0.5) is 5.69 Å². The van der Waals surface area contributed by atoms with Crippen LogP contribution in [-0.2, 0) is 0 Å². The molecule has 0 bridgehead atoms. The summed E-state index contributed by atoms with van der Waals surface area (Å²) in [5.74, 6) is 0.698. The molecule has 1 heterocycles. The van der Waals surface area contributed by atoms with Gasteiger partial charge in [-0.15, -0.1) is 0 Å². The highest BCUT2D eigenvalue weighted by molar-refractivity contribution is 5.80. The predicted octanol–water partition coefficient (Wildman–Crippen LogP) is 4.06. The molecular weight excluding hydrogens is 258 g/mol. The zero-order valence-corrected chi connectivity index (χ0v) is 10.8. The normalized spacial score (nSPS) is 15.2. The van der Waals surface area contributed by atoms with E-state index in [1.165, 1.54) is 18.9 Å². The Balaban J connectivity index is 1.96. The fourth-order valence-corrected chi connectivity index (χ4v) is 2.47. The molecule has 0 spiro atoms. The Hall–Kier alpha value is -2.46. The van der Waals surface area contributed by atoms with Crippen LogP contribution in [0.2, 0.25) is 0 Å². The van der Waals surface area contributed by atoms with Gasteiger partial charge in [0, 0.05) is 16.4 Å². The first kappa shape index (κ1) is 12.6. The standard InChI is InChI=1S/C14H13N3O3/c15-17-16-12-7-9-5-6-11(8-13(9)20-14(12)18)19-10-3-1-2-4-10/h5-8,10H,1-4H2. The summed E-state index contributed by atoms with van der Waals surface area (Å²) in [6.07, 6.45) is 4.78. The number of ether oxygens (including phenoxy) is 1. The number of hydrogen-bond donors (Lipinski definition) is 0. The molecule has 1 aliphatic carbocycles. The van der Waals surface area contributed by atoms with E-state index >= 15 is 0 Å². The second-order valence-corrected chi connectivity index (χ2v) is 4.83. The first-order chi connectivity index (χ1) is 9.76. The quantitative estimate of drug-likeness (QED) is 0.365. The van der Waals surface area contributed by atoms with Crippen molar-refractivity contribution in [3.05, 3.63) is 45.1 Å². The number of fused-ring (bicyclic) bond motifs is 1. The van der Waals surface area contributed by atoms with Crippen molar-refractivity contribution >= 4 is 16.7 Å². The molecule has 0 unspecified atom stereocenters. The molecule has 0 N–H and O–H groups in total. The number of azide groups is 1. The van der Waals surface area contributed by atoms with Crippen molar-refractivity contribution in [2.75, 3.05) is 0 Å². The van der Waals surface area contributed by atoms with Gasteiger partial charge in [0.25, 0.3) is 0 Å². The molecule has 20 heavy (non-hydrogen) atoms. The first-order valence-corrected chi connectivity index (χ1v) is 6.56. The van der Waals surface area contributed by atoms with Crippen molar-refractivity contribution in [2.24, 2.45) is 5.11 Å². The van der Waals surface area contributed by atoms with Crippen LogP contribution in [0, 0.1) is 0 Å². The van der Waals surface area contributed by atoms with Crippen molar-refractivity contribution in [3.63, 3.8) is 0 Å². The summed E-state index contributed by atoms with van der Waals surface area (Å²) in [5, 5.41) is 4.00. The molecule has 0 atom stereocenters. The summed E-state index contributed by atoms with van der Waals surface area (Å²) in [4.78, 5) is 14.2. The zero-order valence-electron chi connectivity index (χ0n) is 10.8. The lowest BCUT2D eigenvalue weighted by Gasteiger charge is -2.13. The fourth-order valence-electron chi connectivity index (χ4n) is 2.47. The highest BCUT2D eigenvalue weighted by atomic mass is 16.5. The minimum Gasteiger partial charge on any atom is -0.490 e. The molecule has 1 aromatic heterocycles. The van der Waals surface area contributed by atoms with E-state index in [2.05, 4.69) is 10.0 Å². The highest BCUT2D eigenvalue weighted by Gasteiger charge is 2.16. The van der Waals surface area contributed by atoms with Gasteiger partial charge in [0.1, 0.15) is 17.0 Å². The van der Waals surface area contributed by atoms with Gasteiger partial charge in [0.2, 0.25) is 0 Å². The zero-order chi connectivity index (χ0) is 13.9. The maximum atomic E-state index is 11.6. The third-order valence-corrected chi connectivity index (χ3v) is 3.45. The van der Waals surface area contributed by atoms with Crippen LogP contribution in [-0.4, -0.2) is 6.10 Å². The van der Waals surface area contributed by atoms with E-state index in [1.807, 2.05) is 6.07 Å². The van der Waals surface area contributed by atoms with Gasteiger partial charge in [0.15, 0.2) is 0 Å². The molecule has 0 saturated heterocycles. The number of hydrogen-bond acceptors (Lipinski definition) is 4. The summed E-state index contributed by atoms with van der Waals surface area (Å²) in [6.45, 7) is 0. The first-order valence-electron chi connectivity index (χ1n) is 6.56. The molecule has 1 saturated carbocycles. The van der Waals surface area contributed by atoms with E-state index in [0.717, 1.165) is 12.8 Å². The molecule has 1 aliphatic rings. The third kappa shape index (κ3) is 2.46. The van der Waals surface area contributed by atoms with Crippen molar-refractivity contribution < 1.29 is 9.15 Å². The molecule has 3 rings (SSSR count). The van der Waals surface area contributed by atoms with Crippen LogP contribution >= 0.6 is 0 Å². The second-order valence-electron chi connectivity index (χ2n) is 4.83. The van der Waals surface area contributed by atoms with Gasteiger partial charge in [-0.05, 0) is 49.4 Å². The van der Waals surface area contributed by atoms with E-state index in [-0.39, 0.29) is 11.8 Å². The minimum atomic E-state index is -0.645. The van der Waals surface area contributed by atoms with E-state index < -0.39 is 5.63 Å². The molecule has 0 amide bonds. The topological polar surface area (TPSA) is 88.2 Å². The van der Waals surface area contributed by atoms with Crippen molar-refractivity contribution in [3.8, 4) is 5.75 Å². The monoisotopic (exact) mass is 271 g/mol. The number of rotatable bonds is 3. The van der Waals surface area contributed by atoms with E-state index in [1.54, 1.807) is 12.1 Å². The molecular formula is C14H13N3O3. The van der Waals surface area contributed by atoms with Gasteiger partial charge in [-0.3, -0.25) is 0 Å². The minimum absolute atomic E-state index is 0.0375. The maximum absolute atomic E-state index is 11.6. The van der Waals surface area contributed by atoms with Gasteiger partial charge in [-0.25, -0.2) is 4.79 Å². The number of nitrogens with zero attached hydrogens (tertiary/aromatic N) is 3. The average Bonchev–Trinajstić information content (AvgIpc) is 2.93. The van der Waals surface area contributed by atoms with Crippen LogP contribution in [0.3, 0.4) is 0 Å². The van der Waals surface area contributed by atoms with Crippen LogP contribution in [0.15, 0.2) is 38.6 Å². The van der Waals surface area contributed by atoms with E-state index in [0.29, 0.717) is 16.7 Å². The molecule has 102 valence electrons. The second kappa shape index (κ2) is 5.27. The summed E-state index contributed by atoms with van der Waals surface area (Å²) in [6, 6.07) is 6.84. The Morgan fingerprint density at radius 3 is 2.85 bits per heavy atom. The lowest BCUT2D eigenvalue weighted by molar-refractivity contribution is 0.210. The van der Waals surface area contributed by atoms with Gasteiger partial charge in [-0.2, -0.15) is 0 Å². The molecule has 6 heteroatoms. The highest BCUT2D eigenvalue weighted by Crippen LogP contribution is 2.27.